The van der Waals surface area contributed by atoms with E-state index in [9.17, 15) is 5.11 Å². The number of phenols is 1. The first-order chi connectivity index (χ1) is 13.6. The molecule has 0 amide bonds. The van der Waals surface area contributed by atoms with Gasteiger partial charge in [-0.1, -0.05) is 88.6 Å². The summed E-state index contributed by atoms with van der Waals surface area (Å²) in [5.41, 5.74) is 9.83. The van der Waals surface area contributed by atoms with E-state index in [2.05, 4.69) is 17.5 Å². The van der Waals surface area contributed by atoms with E-state index in [1.165, 1.54) is 44.9 Å². The number of aromatic hydroxyl groups is 1. The summed E-state index contributed by atoms with van der Waals surface area (Å²) in [5.74, 6) is 0.234. The number of hydrazone groups is 1. The number of hydrogen-bond acceptors (Lipinski definition) is 3. The maximum Gasteiger partial charge on any atom is 0.184 e. The minimum Gasteiger partial charge on any atom is -0.507 e. The fourth-order valence-corrected chi connectivity index (χ4v) is 3.57. The summed E-state index contributed by atoms with van der Waals surface area (Å²) < 4.78 is 0. The molecule has 0 saturated heterocycles. The van der Waals surface area contributed by atoms with Gasteiger partial charge in [0.25, 0.3) is 0 Å². The van der Waals surface area contributed by atoms with Gasteiger partial charge in [0, 0.05) is 5.56 Å². The Morgan fingerprint density at radius 1 is 0.964 bits per heavy atom. The largest absolute Gasteiger partial charge is 0.507 e. The van der Waals surface area contributed by atoms with Gasteiger partial charge in [0.2, 0.25) is 0 Å². The third-order valence-electron chi connectivity index (χ3n) is 5.01. The van der Waals surface area contributed by atoms with E-state index in [-0.39, 0.29) is 10.9 Å². The van der Waals surface area contributed by atoms with Gasteiger partial charge in [-0.3, -0.25) is 5.43 Å². The molecule has 0 fully saturated rings. The van der Waals surface area contributed by atoms with Crippen LogP contribution in [0.2, 0.25) is 0 Å². The second kappa shape index (κ2) is 12.3. The average molecular weight is 400 g/mol. The number of nitrogens with zero attached hydrogens (tertiary/aromatic N) is 1. The molecule has 0 atom stereocenters. The van der Waals surface area contributed by atoms with Gasteiger partial charge >= 0.3 is 0 Å². The van der Waals surface area contributed by atoms with Crippen molar-refractivity contribution >= 4 is 33.8 Å². The Hall–Kier alpha value is -2.14. The summed E-state index contributed by atoms with van der Waals surface area (Å²) in [6, 6.07) is 11.7. The predicted octanol–water partition coefficient (Wildman–Crippen LogP) is 6.00. The van der Waals surface area contributed by atoms with E-state index in [0.717, 1.165) is 41.3 Å². The van der Waals surface area contributed by atoms with Crippen molar-refractivity contribution in [1.29, 1.82) is 0 Å². The van der Waals surface area contributed by atoms with Gasteiger partial charge in [-0.25, -0.2) is 0 Å². The molecule has 0 unspecified atom stereocenters. The zero-order valence-electron chi connectivity index (χ0n) is 16.9. The molecule has 4 nitrogen and oxygen atoms in total. The molecule has 0 saturated carbocycles. The molecule has 2 aromatic rings. The first-order valence-electron chi connectivity index (χ1n) is 10.5. The van der Waals surface area contributed by atoms with E-state index >= 15 is 0 Å². The monoisotopic (exact) mass is 399 g/mol. The summed E-state index contributed by atoms with van der Waals surface area (Å²) in [6.45, 7) is 2.25. The predicted molar refractivity (Wildman–Crippen MR) is 124 cm³/mol. The van der Waals surface area contributed by atoms with Crippen molar-refractivity contribution in [2.45, 2.75) is 71.1 Å². The second-order valence-corrected chi connectivity index (χ2v) is 7.73. The number of benzene rings is 2. The number of hydrogen-bond donors (Lipinski definition) is 3. The molecule has 0 aromatic heterocycles. The van der Waals surface area contributed by atoms with Crippen LogP contribution in [0.4, 0.5) is 0 Å². The maximum absolute atomic E-state index is 10.5. The quantitative estimate of drug-likeness (QED) is 0.177. The number of phenolic OH excluding ortho intramolecular Hbond substituents is 1. The summed E-state index contributed by atoms with van der Waals surface area (Å²) >= 11 is 4.90. The van der Waals surface area contributed by atoms with Crippen LogP contribution >= 0.6 is 12.2 Å². The Morgan fingerprint density at radius 2 is 1.61 bits per heavy atom. The highest BCUT2D eigenvalue weighted by atomic mass is 32.1. The van der Waals surface area contributed by atoms with Crippen LogP contribution < -0.4 is 11.2 Å². The number of thiocarbonyl (C=S) groups is 1. The van der Waals surface area contributed by atoms with Gasteiger partial charge in [0.15, 0.2) is 5.11 Å². The molecule has 5 heteroatoms. The molecule has 0 aliphatic heterocycles. The Balaban J connectivity index is 1.99. The van der Waals surface area contributed by atoms with Crippen LogP contribution in [0.3, 0.4) is 0 Å². The van der Waals surface area contributed by atoms with Gasteiger partial charge < -0.3 is 10.8 Å². The molecule has 4 N–H and O–H groups in total. The lowest BCUT2D eigenvalue weighted by atomic mass is 9.96. The van der Waals surface area contributed by atoms with Gasteiger partial charge in [0.1, 0.15) is 5.75 Å². The van der Waals surface area contributed by atoms with Crippen LogP contribution in [-0.2, 0) is 0 Å². The molecule has 0 spiro atoms. The van der Waals surface area contributed by atoms with Gasteiger partial charge in [-0.15, -0.1) is 0 Å². The molecule has 28 heavy (non-hydrogen) atoms. The number of rotatable bonds is 12. The molecule has 2 rings (SSSR count). The number of nitrogens with one attached hydrogen (secondary N) is 1. The topological polar surface area (TPSA) is 70.6 Å². The lowest BCUT2D eigenvalue weighted by Gasteiger charge is -2.13. The van der Waals surface area contributed by atoms with Gasteiger partial charge in [-0.05, 0) is 41.9 Å². The van der Waals surface area contributed by atoms with E-state index in [4.69, 9.17) is 18.0 Å². The minimum atomic E-state index is 0.129. The van der Waals surface area contributed by atoms with Crippen LogP contribution in [0.25, 0.3) is 10.8 Å². The van der Waals surface area contributed by atoms with Crippen LogP contribution in [0.15, 0.2) is 41.5 Å². The van der Waals surface area contributed by atoms with E-state index in [1.807, 2.05) is 30.3 Å². The highest BCUT2D eigenvalue weighted by Crippen LogP contribution is 2.29. The lowest BCUT2D eigenvalue weighted by Crippen LogP contribution is -2.25. The molecule has 0 heterocycles. The Bertz CT molecular complexity index is 789. The number of fused-ring (bicyclic) bond motifs is 1. The summed E-state index contributed by atoms with van der Waals surface area (Å²) in [6.07, 6.45) is 12.2. The Morgan fingerprint density at radius 3 is 2.29 bits per heavy atom. The van der Waals surface area contributed by atoms with Crippen molar-refractivity contribution in [2.24, 2.45) is 10.8 Å². The van der Waals surface area contributed by atoms with Crippen molar-refractivity contribution in [3.63, 3.8) is 0 Å². The SMILES string of the molecule is CCCCCCCCCCC/C(=N/NC(N)=S)c1c(O)ccc2ccccc12. The first kappa shape index (κ1) is 22.2. The van der Waals surface area contributed by atoms with Crippen LogP contribution in [0.1, 0.15) is 76.7 Å². The molecular formula is C23H33N3OS. The normalized spacial score (nSPS) is 11.7. The molecule has 0 radical (unpaired) electrons. The number of unbranched alkanes of at least 4 members (excludes halogenated alkanes) is 8. The smallest absolute Gasteiger partial charge is 0.184 e. The van der Waals surface area contributed by atoms with Crippen molar-refractivity contribution in [2.75, 3.05) is 0 Å². The molecule has 2 aromatic carbocycles. The van der Waals surface area contributed by atoms with Crippen molar-refractivity contribution < 1.29 is 5.11 Å². The highest BCUT2D eigenvalue weighted by Gasteiger charge is 2.14. The second-order valence-electron chi connectivity index (χ2n) is 7.29. The zero-order valence-corrected chi connectivity index (χ0v) is 17.7. The fraction of sp³-hybridized carbons (Fsp3) is 0.478. The minimum absolute atomic E-state index is 0.129. The molecule has 0 bridgehead atoms. The molecule has 0 aliphatic rings. The third kappa shape index (κ3) is 7.12. The van der Waals surface area contributed by atoms with Crippen molar-refractivity contribution in [3.05, 3.63) is 42.0 Å². The summed E-state index contributed by atoms with van der Waals surface area (Å²) in [5, 5.41) is 17.1. The zero-order chi connectivity index (χ0) is 20.2. The maximum atomic E-state index is 10.5. The van der Waals surface area contributed by atoms with E-state index < -0.39 is 0 Å². The molecule has 0 aliphatic carbocycles. The third-order valence-corrected chi connectivity index (χ3v) is 5.11. The van der Waals surface area contributed by atoms with Crippen molar-refractivity contribution in [1.82, 2.24) is 5.43 Å². The van der Waals surface area contributed by atoms with Crippen LogP contribution in [0, 0.1) is 0 Å². The Labute approximate surface area is 174 Å². The van der Waals surface area contributed by atoms with Crippen molar-refractivity contribution in [3.8, 4) is 5.75 Å². The van der Waals surface area contributed by atoms with E-state index in [0.29, 0.717) is 0 Å². The summed E-state index contributed by atoms with van der Waals surface area (Å²) in [7, 11) is 0. The van der Waals surface area contributed by atoms with Gasteiger partial charge in [0.05, 0.1) is 5.71 Å². The van der Waals surface area contributed by atoms with Gasteiger partial charge in [-0.2, -0.15) is 5.10 Å². The van der Waals surface area contributed by atoms with E-state index in [1.54, 1.807) is 6.07 Å². The Kier molecular flexibility index (Phi) is 9.77. The highest BCUT2D eigenvalue weighted by molar-refractivity contribution is 7.80. The molecule has 152 valence electrons. The summed E-state index contributed by atoms with van der Waals surface area (Å²) in [4.78, 5) is 0. The molecular weight excluding hydrogens is 366 g/mol. The fourth-order valence-electron chi connectivity index (χ4n) is 3.53. The lowest BCUT2D eigenvalue weighted by molar-refractivity contribution is 0.474. The first-order valence-corrected chi connectivity index (χ1v) is 10.9. The number of nitrogens with two attached hydrogens (primary N) is 1. The van der Waals surface area contributed by atoms with Crippen LogP contribution in [0.5, 0.6) is 5.75 Å². The standard InChI is InChI=1S/C23H33N3OS/c1-2-3-4-5-6-7-8-9-10-15-20(25-26-23(24)28)22-19-14-12-11-13-18(19)16-17-21(22)27/h11-14,16-17,27H,2-10,15H2,1H3,(H3,24,26,28)/b25-20-. The average Bonchev–Trinajstić information content (AvgIpc) is 2.69. The van der Waals surface area contributed by atoms with Crippen LogP contribution in [-0.4, -0.2) is 15.9 Å².